The number of H-pyrrole nitrogens is 1. The number of hydrogen-bond donors (Lipinski definition) is 3. The molecular formula is C10H10N6O3S. The number of aromatic amines is 1. The molecule has 0 bridgehead atoms. The van der Waals surface area contributed by atoms with Gasteiger partial charge in [-0.3, -0.25) is 24.4 Å². The van der Waals surface area contributed by atoms with E-state index in [-0.39, 0.29) is 16.7 Å². The zero-order valence-electron chi connectivity index (χ0n) is 10.3. The van der Waals surface area contributed by atoms with Crippen LogP contribution in [0.2, 0.25) is 0 Å². The Kier molecular flexibility index (Phi) is 3.84. The maximum atomic E-state index is 11.3. The average Bonchev–Trinajstić information content (AvgIpc) is 2.44. The van der Waals surface area contributed by atoms with E-state index in [9.17, 15) is 9.59 Å². The van der Waals surface area contributed by atoms with Gasteiger partial charge in [-0.05, 0) is 23.9 Å². The van der Waals surface area contributed by atoms with Crippen LogP contribution in [0.3, 0.4) is 0 Å². The van der Waals surface area contributed by atoms with Crippen LogP contribution in [0.4, 0.5) is 0 Å². The van der Waals surface area contributed by atoms with Crippen molar-refractivity contribution < 1.29 is 5.21 Å². The van der Waals surface area contributed by atoms with Crippen molar-refractivity contribution in [2.45, 2.75) is 10.1 Å². The number of aryl methyl sites for hydroxylation is 1. The minimum atomic E-state index is -0.889. The second-order valence-corrected chi connectivity index (χ2v) is 4.65. The van der Waals surface area contributed by atoms with Gasteiger partial charge in [-0.1, -0.05) is 5.16 Å². The Labute approximate surface area is 116 Å². The lowest BCUT2D eigenvalue weighted by Crippen LogP contribution is -2.33. The molecule has 0 aliphatic heterocycles. The van der Waals surface area contributed by atoms with Gasteiger partial charge in [0.15, 0.2) is 11.0 Å². The molecule has 9 nitrogen and oxygen atoms in total. The number of oxime groups is 1. The zero-order valence-corrected chi connectivity index (χ0v) is 11.1. The molecule has 0 unspecified atom stereocenters. The lowest BCUT2D eigenvalue weighted by Gasteiger charge is -2.08. The van der Waals surface area contributed by atoms with E-state index < -0.39 is 11.1 Å². The predicted molar refractivity (Wildman–Crippen MR) is 71.0 cm³/mol. The van der Waals surface area contributed by atoms with Crippen molar-refractivity contribution in [3.63, 3.8) is 0 Å². The molecule has 2 rings (SSSR count). The Balaban J connectivity index is 2.48. The Bertz CT molecular complexity index is 781. The first-order valence-electron chi connectivity index (χ1n) is 5.31. The standard InChI is InChI=1S/C10H10N6O3S/c1-16-10(13-8(17)9(18)14-16)20-5-3-2-4-12-6(5)7(11)15-19/h2-4,19H,1H3,(H2,11,15)(H,14,18). The van der Waals surface area contributed by atoms with Crippen LogP contribution in [0.5, 0.6) is 0 Å². The van der Waals surface area contributed by atoms with Gasteiger partial charge in [0.05, 0.1) is 0 Å². The third kappa shape index (κ3) is 2.69. The monoisotopic (exact) mass is 294 g/mol. The molecule has 2 heterocycles. The number of nitrogens with one attached hydrogen (secondary N) is 1. The Hall–Kier alpha value is -2.62. The first-order valence-corrected chi connectivity index (χ1v) is 6.12. The number of amidine groups is 1. The molecule has 0 amide bonds. The molecule has 0 aromatic carbocycles. The summed E-state index contributed by atoms with van der Waals surface area (Å²) in [6.45, 7) is 0. The summed E-state index contributed by atoms with van der Waals surface area (Å²) in [5.74, 6) is -0.164. The maximum absolute atomic E-state index is 11.3. The number of aromatic nitrogens is 4. The summed E-state index contributed by atoms with van der Waals surface area (Å²) in [5.41, 5.74) is 4.07. The van der Waals surface area contributed by atoms with Gasteiger partial charge in [0.25, 0.3) is 0 Å². The normalized spacial score (nSPS) is 11.6. The van der Waals surface area contributed by atoms with Gasteiger partial charge in [-0.2, -0.15) is 4.98 Å². The van der Waals surface area contributed by atoms with E-state index >= 15 is 0 Å². The maximum Gasteiger partial charge on any atom is 0.339 e. The molecule has 10 heteroatoms. The van der Waals surface area contributed by atoms with Crippen molar-refractivity contribution in [2.24, 2.45) is 17.9 Å². The van der Waals surface area contributed by atoms with Crippen LogP contribution in [-0.4, -0.2) is 30.8 Å². The molecule has 0 fully saturated rings. The van der Waals surface area contributed by atoms with Crippen LogP contribution < -0.4 is 16.9 Å². The number of pyridine rings is 1. The summed E-state index contributed by atoms with van der Waals surface area (Å²) >= 11 is 1.05. The van der Waals surface area contributed by atoms with Gasteiger partial charge < -0.3 is 10.9 Å². The second-order valence-electron chi connectivity index (χ2n) is 3.64. The van der Waals surface area contributed by atoms with Crippen molar-refractivity contribution in [2.75, 3.05) is 0 Å². The molecule has 0 saturated carbocycles. The average molecular weight is 294 g/mol. The van der Waals surface area contributed by atoms with Gasteiger partial charge in [0.2, 0.25) is 0 Å². The van der Waals surface area contributed by atoms with Gasteiger partial charge in [0.1, 0.15) is 5.69 Å². The highest BCUT2D eigenvalue weighted by atomic mass is 32.2. The molecule has 2 aromatic rings. The summed E-state index contributed by atoms with van der Waals surface area (Å²) < 4.78 is 1.30. The molecule has 0 aliphatic carbocycles. The van der Waals surface area contributed by atoms with E-state index in [0.29, 0.717) is 4.90 Å². The van der Waals surface area contributed by atoms with Crippen LogP contribution >= 0.6 is 11.8 Å². The molecule has 0 spiro atoms. The van der Waals surface area contributed by atoms with Crippen molar-refractivity contribution in [3.8, 4) is 0 Å². The van der Waals surface area contributed by atoms with Crippen LogP contribution in [0, 0.1) is 0 Å². The third-order valence-electron chi connectivity index (χ3n) is 2.27. The van der Waals surface area contributed by atoms with E-state index in [1.807, 2.05) is 0 Å². The number of nitrogens with zero attached hydrogens (tertiary/aromatic N) is 4. The van der Waals surface area contributed by atoms with Gasteiger partial charge in [-0.15, -0.1) is 0 Å². The summed E-state index contributed by atoms with van der Waals surface area (Å²) in [5, 5.41) is 14.2. The van der Waals surface area contributed by atoms with Crippen LogP contribution in [-0.2, 0) is 7.05 Å². The quantitative estimate of drug-likeness (QED) is 0.219. The largest absolute Gasteiger partial charge is 0.409 e. The molecule has 2 aromatic heterocycles. The summed E-state index contributed by atoms with van der Waals surface area (Å²) in [6, 6.07) is 3.32. The highest BCUT2D eigenvalue weighted by Crippen LogP contribution is 2.26. The fourth-order valence-electron chi connectivity index (χ4n) is 1.36. The smallest absolute Gasteiger partial charge is 0.339 e. The van der Waals surface area contributed by atoms with E-state index in [4.69, 9.17) is 10.9 Å². The zero-order chi connectivity index (χ0) is 14.7. The van der Waals surface area contributed by atoms with Gasteiger partial charge in [0, 0.05) is 18.1 Å². The van der Waals surface area contributed by atoms with E-state index in [1.165, 1.54) is 17.9 Å². The van der Waals surface area contributed by atoms with Crippen LogP contribution in [0.25, 0.3) is 0 Å². The number of nitrogens with two attached hydrogens (primary N) is 1. The first kappa shape index (κ1) is 13.8. The predicted octanol–water partition coefficient (Wildman–Crippen LogP) is -0.891. The molecule has 0 atom stereocenters. The topological polar surface area (TPSA) is 139 Å². The van der Waals surface area contributed by atoms with Crippen molar-refractivity contribution in [1.29, 1.82) is 0 Å². The van der Waals surface area contributed by atoms with E-state index in [2.05, 4.69) is 20.2 Å². The SMILES string of the molecule is Cn1[nH]c(=O)c(=O)nc1Sc1cccnc1/C(N)=N/O. The summed E-state index contributed by atoms with van der Waals surface area (Å²) in [7, 11) is 1.54. The molecule has 0 saturated heterocycles. The Morgan fingerprint density at radius 3 is 3.00 bits per heavy atom. The number of hydrogen-bond acceptors (Lipinski definition) is 7. The first-order chi connectivity index (χ1) is 9.52. The fraction of sp³-hybridized carbons (Fsp3) is 0.100. The Morgan fingerprint density at radius 2 is 2.30 bits per heavy atom. The molecule has 4 N–H and O–H groups in total. The highest BCUT2D eigenvalue weighted by molar-refractivity contribution is 7.99. The molecule has 0 aliphatic rings. The van der Waals surface area contributed by atoms with Gasteiger partial charge in [-0.25, -0.2) is 0 Å². The third-order valence-corrected chi connectivity index (χ3v) is 3.37. The van der Waals surface area contributed by atoms with Gasteiger partial charge >= 0.3 is 11.1 Å². The highest BCUT2D eigenvalue weighted by Gasteiger charge is 2.13. The van der Waals surface area contributed by atoms with Crippen molar-refractivity contribution >= 4 is 17.6 Å². The van der Waals surface area contributed by atoms with Crippen LogP contribution in [0.1, 0.15) is 5.69 Å². The minimum Gasteiger partial charge on any atom is -0.409 e. The lowest BCUT2D eigenvalue weighted by molar-refractivity contribution is 0.318. The molecule has 104 valence electrons. The minimum absolute atomic E-state index is 0.164. The summed E-state index contributed by atoms with van der Waals surface area (Å²) in [4.78, 5) is 30.6. The molecule has 0 radical (unpaired) electrons. The second kappa shape index (κ2) is 5.57. The van der Waals surface area contributed by atoms with E-state index in [0.717, 1.165) is 11.8 Å². The number of rotatable bonds is 3. The summed E-state index contributed by atoms with van der Waals surface area (Å²) in [6.07, 6.45) is 1.48. The van der Waals surface area contributed by atoms with E-state index in [1.54, 1.807) is 12.1 Å². The lowest BCUT2D eigenvalue weighted by atomic mass is 10.3. The fourth-order valence-corrected chi connectivity index (χ4v) is 2.27. The van der Waals surface area contributed by atoms with Crippen molar-refractivity contribution in [3.05, 3.63) is 44.7 Å². The van der Waals surface area contributed by atoms with Crippen LogP contribution in [0.15, 0.2) is 43.1 Å². The molecule has 20 heavy (non-hydrogen) atoms. The molecular weight excluding hydrogens is 284 g/mol. The van der Waals surface area contributed by atoms with Crippen molar-refractivity contribution in [1.82, 2.24) is 19.7 Å². The Morgan fingerprint density at radius 1 is 1.55 bits per heavy atom.